The van der Waals surface area contributed by atoms with E-state index < -0.39 is 11.1 Å². The van der Waals surface area contributed by atoms with Crippen LogP contribution in [0, 0.1) is 0 Å². The number of carbonyl (C=O) groups excluding carboxylic acids is 4. The molecule has 2 saturated heterocycles. The van der Waals surface area contributed by atoms with Crippen LogP contribution >= 0.6 is 23.4 Å². The average Bonchev–Trinajstić information content (AvgIpc) is 3.12. The lowest BCUT2D eigenvalue weighted by Crippen LogP contribution is -2.46. The highest BCUT2D eigenvalue weighted by Crippen LogP contribution is 2.35. The van der Waals surface area contributed by atoms with Gasteiger partial charge in [0.05, 0.1) is 18.1 Å². The van der Waals surface area contributed by atoms with Crippen molar-refractivity contribution in [1.29, 1.82) is 0 Å². The van der Waals surface area contributed by atoms with Gasteiger partial charge >= 0.3 is 0 Å². The van der Waals surface area contributed by atoms with Crippen LogP contribution in [-0.2, 0) is 19.1 Å². The molecule has 2 aliphatic rings. The molecule has 1 N–H and O–H groups in total. The Bertz CT molecular complexity index is 1170. The molecule has 0 radical (unpaired) electrons. The third-order valence-corrected chi connectivity index (χ3v) is 6.35. The number of ether oxygens (including phenoxy) is 2. The summed E-state index contributed by atoms with van der Waals surface area (Å²) in [6, 6.07) is 13.7. The highest BCUT2D eigenvalue weighted by molar-refractivity contribution is 8.18. The number of amides is 4. The molecular weight excluding hydrogens is 494 g/mol. The number of imide groups is 1. The highest BCUT2D eigenvalue weighted by atomic mass is 35.5. The van der Waals surface area contributed by atoms with Crippen LogP contribution in [-0.4, -0.2) is 72.2 Å². The van der Waals surface area contributed by atoms with E-state index in [1.807, 2.05) is 6.07 Å². The van der Waals surface area contributed by atoms with E-state index in [0.717, 1.165) is 16.7 Å². The Morgan fingerprint density at radius 3 is 2.60 bits per heavy atom. The maximum Gasteiger partial charge on any atom is 0.294 e. The predicted molar refractivity (Wildman–Crippen MR) is 132 cm³/mol. The lowest BCUT2D eigenvalue weighted by molar-refractivity contribution is -0.139. The van der Waals surface area contributed by atoms with Crippen LogP contribution in [0.4, 0.5) is 10.5 Å². The minimum Gasteiger partial charge on any atom is -0.483 e. The van der Waals surface area contributed by atoms with Crippen LogP contribution < -0.4 is 10.1 Å². The predicted octanol–water partition coefficient (Wildman–Crippen LogP) is 3.25. The largest absolute Gasteiger partial charge is 0.483 e. The molecule has 0 spiro atoms. The monoisotopic (exact) mass is 515 g/mol. The fourth-order valence-electron chi connectivity index (χ4n) is 3.45. The number of benzene rings is 2. The third kappa shape index (κ3) is 6.41. The molecule has 4 amide bonds. The zero-order valence-corrected chi connectivity index (χ0v) is 20.1. The third-order valence-electron chi connectivity index (χ3n) is 5.21. The zero-order valence-electron chi connectivity index (χ0n) is 18.6. The van der Waals surface area contributed by atoms with Gasteiger partial charge in [-0.25, -0.2) is 0 Å². The van der Waals surface area contributed by atoms with Crippen LogP contribution in [0.15, 0.2) is 53.4 Å². The summed E-state index contributed by atoms with van der Waals surface area (Å²) >= 11 is 6.86. The first-order valence-electron chi connectivity index (χ1n) is 10.8. The quantitative estimate of drug-likeness (QED) is 0.564. The Balaban J connectivity index is 1.44. The van der Waals surface area contributed by atoms with Crippen LogP contribution in [0.3, 0.4) is 0 Å². The Morgan fingerprint density at radius 2 is 1.86 bits per heavy atom. The summed E-state index contributed by atoms with van der Waals surface area (Å²) in [4.78, 5) is 52.7. The molecule has 2 aromatic carbocycles. The van der Waals surface area contributed by atoms with Gasteiger partial charge in [0.1, 0.15) is 12.3 Å². The molecule has 2 heterocycles. The van der Waals surface area contributed by atoms with Crippen LogP contribution in [0.5, 0.6) is 5.75 Å². The standard InChI is InChI=1S/C24H22ClN3O6S/c25-17-6-7-19(34-15-21(29)26-18-4-2-1-3-5-18)16(12-17)13-20-23(31)28(24(32)35-20)14-22(30)27-8-10-33-11-9-27/h1-7,12-13H,8-11,14-15H2,(H,26,29)/b20-13-. The van der Waals surface area contributed by atoms with Crippen LogP contribution in [0.2, 0.25) is 5.02 Å². The van der Waals surface area contributed by atoms with Gasteiger partial charge in [-0.05, 0) is 48.2 Å². The van der Waals surface area contributed by atoms with E-state index in [1.165, 1.54) is 6.08 Å². The lowest BCUT2D eigenvalue weighted by atomic mass is 10.2. The number of thioether (sulfide) groups is 1. The summed E-state index contributed by atoms with van der Waals surface area (Å²) in [5, 5.41) is 2.58. The number of nitrogens with one attached hydrogen (secondary N) is 1. The van der Waals surface area contributed by atoms with Crippen molar-refractivity contribution in [2.45, 2.75) is 0 Å². The van der Waals surface area contributed by atoms with Crippen LogP contribution in [0.25, 0.3) is 6.08 Å². The second-order valence-corrected chi connectivity index (χ2v) is 9.08. The van der Waals surface area contributed by atoms with Crippen molar-refractivity contribution < 1.29 is 28.7 Å². The van der Waals surface area contributed by atoms with Gasteiger partial charge < -0.3 is 19.7 Å². The van der Waals surface area contributed by atoms with E-state index in [0.29, 0.717) is 48.3 Å². The number of carbonyl (C=O) groups is 4. The summed E-state index contributed by atoms with van der Waals surface area (Å²) in [6.45, 7) is 1.09. The molecule has 2 fully saturated rings. The van der Waals surface area contributed by atoms with Crippen molar-refractivity contribution in [1.82, 2.24) is 9.80 Å². The van der Waals surface area contributed by atoms with Crippen molar-refractivity contribution >= 4 is 58.1 Å². The van der Waals surface area contributed by atoms with Gasteiger partial charge in [0, 0.05) is 29.4 Å². The first-order chi connectivity index (χ1) is 16.9. The number of nitrogens with zero attached hydrogens (tertiary/aromatic N) is 2. The summed E-state index contributed by atoms with van der Waals surface area (Å²) in [5.74, 6) is -0.935. The molecule has 9 nitrogen and oxygen atoms in total. The smallest absolute Gasteiger partial charge is 0.294 e. The van der Waals surface area contributed by atoms with E-state index in [1.54, 1.807) is 47.4 Å². The van der Waals surface area contributed by atoms with E-state index in [9.17, 15) is 19.2 Å². The van der Waals surface area contributed by atoms with Gasteiger partial charge in [-0.1, -0.05) is 29.8 Å². The Morgan fingerprint density at radius 1 is 1.11 bits per heavy atom. The Kier molecular flexibility index (Phi) is 8.06. The normalized spacial score (nSPS) is 17.1. The SMILES string of the molecule is O=C(COc1ccc(Cl)cc1/C=C1\SC(=O)N(CC(=O)N2CCOCC2)C1=O)Nc1ccccc1. The molecular formula is C24H22ClN3O6S. The molecule has 0 aromatic heterocycles. The molecule has 0 aliphatic carbocycles. The minimum absolute atomic E-state index is 0.130. The highest BCUT2D eigenvalue weighted by Gasteiger charge is 2.37. The number of morpholine rings is 1. The maximum atomic E-state index is 12.9. The first kappa shape index (κ1) is 24.8. The van der Waals surface area contributed by atoms with E-state index >= 15 is 0 Å². The van der Waals surface area contributed by atoms with Gasteiger partial charge in [0.2, 0.25) is 5.91 Å². The van der Waals surface area contributed by atoms with Crippen molar-refractivity contribution in [3.8, 4) is 5.75 Å². The molecule has 0 bridgehead atoms. The summed E-state index contributed by atoms with van der Waals surface area (Å²) in [5.41, 5.74) is 1.06. The Labute approximate surface area is 211 Å². The molecule has 0 saturated carbocycles. The molecule has 182 valence electrons. The van der Waals surface area contributed by atoms with Crippen molar-refractivity contribution in [3.63, 3.8) is 0 Å². The fourth-order valence-corrected chi connectivity index (χ4v) is 4.46. The van der Waals surface area contributed by atoms with Crippen molar-refractivity contribution in [2.24, 2.45) is 0 Å². The van der Waals surface area contributed by atoms with Crippen molar-refractivity contribution in [2.75, 3.05) is 44.8 Å². The van der Waals surface area contributed by atoms with Gasteiger partial charge in [0.15, 0.2) is 6.61 Å². The molecule has 11 heteroatoms. The fraction of sp³-hybridized carbons (Fsp3) is 0.250. The first-order valence-corrected chi connectivity index (χ1v) is 12.0. The summed E-state index contributed by atoms with van der Waals surface area (Å²) in [6.07, 6.45) is 1.47. The maximum absolute atomic E-state index is 12.9. The van der Waals surface area contributed by atoms with Gasteiger partial charge in [0.25, 0.3) is 17.1 Å². The molecule has 4 rings (SSSR count). The van der Waals surface area contributed by atoms with Gasteiger partial charge in [-0.2, -0.15) is 0 Å². The van der Waals surface area contributed by atoms with Gasteiger partial charge in [-0.15, -0.1) is 0 Å². The van der Waals surface area contributed by atoms with E-state index in [4.69, 9.17) is 21.1 Å². The zero-order chi connectivity index (χ0) is 24.8. The molecule has 2 aliphatic heterocycles. The second kappa shape index (κ2) is 11.4. The van der Waals surface area contributed by atoms with E-state index in [2.05, 4.69) is 5.32 Å². The summed E-state index contributed by atoms with van der Waals surface area (Å²) in [7, 11) is 0. The Hall–Kier alpha value is -3.34. The number of anilines is 1. The lowest BCUT2D eigenvalue weighted by Gasteiger charge is -2.28. The van der Waals surface area contributed by atoms with Gasteiger partial charge in [-0.3, -0.25) is 24.1 Å². The van der Waals surface area contributed by atoms with Crippen molar-refractivity contribution in [3.05, 3.63) is 64.0 Å². The van der Waals surface area contributed by atoms with E-state index in [-0.39, 0.29) is 29.9 Å². The molecule has 35 heavy (non-hydrogen) atoms. The summed E-state index contributed by atoms with van der Waals surface area (Å²) < 4.78 is 10.9. The molecule has 2 aromatic rings. The number of hydrogen-bond donors (Lipinski definition) is 1. The topological polar surface area (TPSA) is 105 Å². The number of hydrogen-bond acceptors (Lipinski definition) is 7. The average molecular weight is 516 g/mol. The number of rotatable bonds is 7. The second-order valence-electron chi connectivity index (χ2n) is 7.65. The molecule has 0 unspecified atom stereocenters. The minimum atomic E-state index is -0.575. The number of para-hydroxylation sites is 1. The number of halogens is 1. The molecule has 0 atom stereocenters. The van der Waals surface area contributed by atoms with Crippen LogP contribution in [0.1, 0.15) is 5.56 Å².